The monoisotopic (exact) mass is 348 g/mol. The van der Waals surface area contributed by atoms with E-state index in [0.29, 0.717) is 5.92 Å². The largest absolute Gasteiger partial charge is 0.506 e. The molecule has 0 saturated heterocycles. The Morgan fingerprint density at radius 3 is 2.46 bits per heavy atom. The summed E-state index contributed by atoms with van der Waals surface area (Å²) < 4.78 is 0. The molecule has 0 bridgehead atoms. The van der Waals surface area contributed by atoms with Gasteiger partial charge in [-0.15, -0.1) is 0 Å². The molecule has 0 spiro atoms. The molecule has 136 valence electrons. The summed E-state index contributed by atoms with van der Waals surface area (Å²) >= 11 is 0. The van der Waals surface area contributed by atoms with Crippen molar-refractivity contribution < 1.29 is 5.11 Å². The Balaban J connectivity index is 2.02. The van der Waals surface area contributed by atoms with Crippen molar-refractivity contribution in [3.8, 4) is 11.8 Å². The van der Waals surface area contributed by atoms with Gasteiger partial charge in [-0.3, -0.25) is 0 Å². The second-order valence-corrected chi connectivity index (χ2v) is 7.72. The molecule has 0 amide bonds. The van der Waals surface area contributed by atoms with E-state index in [4.69, 9.17) is 0 Å². The Kier molecular flexibility index (Phi) is 5.52. The van der Waals surface area contributed by atoms with Gasteiger partial charge in [0.1, 0.15) is 5.75 Å². The Labute approximate surface area is 156 Å². The lowest BCUT2D eigenvalue weighted by molar-refractivity contribution is 0.270. The Morgan fingerprint density at radius 2 is 1.81 bits per heavy atom. The van der Waals surface area contributed by atoms with Gasteiger partial charge in [-0.1, -0.05) is 55.7 Å². The van der Waals surface area contributed by atoms with E-state index in [0.717, 1.165) is 29.7 Å². The molecule has 1 saturated carbocycles. The van der Waals surface area contributed by atoms with Crippen LogP contribution in [0.1, 0.15) is 50.2 Å². The van der Waals surface area contributed by atoms with Crippen LogP contribution < -0.4 is 5.32 Å². The third-order valence-electron chi connectivity index (χ3n) is 5.81. The summed E-state index contributed by atoms with van der Waals surface area (Å²) in [5, 5.41) is 24.1. The van der Waals surface area contributed by atoms with Crippen LogP contribution >= 0.6 is 0 Å². The number of nitrogens with zero attached hydrogens (tertiary/aromatic N) is 1. The fourth-order valence-electron chi connectivity index (χ4n) is 4.23. The van der Waals surface area contributed by atoms with Gasteiger partial charge in [-0.25, -0.2) is 0 Å². The smallest absolute Gasteiger partial charge is 0.138 e. The number of benzene rings is 2. The third kappa shape index (κ3) is 3.70. The van der Waals surface area contributed by atoms with E-state index in [9.17, 15) is 10.4 Å². The molecule has 3 nitrogen and oxygen atoms in total. The number of anilines is 1. The van der Waals surface area contributed by atoms with Crippen LogP contribution in [-0.4, -0.2) is 11.1 Å². The number of phenolic OH excluding ortho intramolecular Hbond substituents is 1. The molecule has 2 atom stereocenters. The molecule has 3 rings (SSSR count). The van der Waals surface area contributed by atoms with E-state index in [1.54, 1.807) is 6.07 Å². The highest BCUT2D eigenvalue weighted by molar-refractivity contribution is 5.59. The number of rotatable bonds is 5. The molecule has 3 heteroatoms. The van der Waals surface area contributed by atoms with Gasteiger partial charge in [0.15, 0.2) is 0 Å². The van der Waals surface area contributed by atoms with Crippen molar-refractivity contribution in [3.63, 3.8) is 0 Å². The highest BCUT2D eigenvalue weighted by Crippen LogP contribution is 2.40. The van der Waals surface area contributed by atoms with Crippen molar-refractivity contribution in [2.24, 2.45) is 5.92 Å². The minimum absolute atomic E-state index is 0.0529. The lowest BCUT2D eigenvalue weighted by Gasteiger charge is -2.40. The molecular formula is C23H28N2O. The molecule has 0 unspecified atom stereocenters. The Hall–Kier alpha value is -2.47. The van der Waals surface area contributed by atoms with E-state index < -0.39 is 5.41 Å². The maximum absolute atomic E-state index is 10.3. The van der Waals surface area contributed by atoms with Crippen LogP contribution in [0.5, 0.6) is 5.75 Å². The summed E-state index contributed by atoms with van der Waals surface area (Å²) in [6.45, 7) is 4.04. The Morgan fingerprint density at radius 1 is 1.12 bits per heavy atom. The van der Waals surface area contributed by atoms with Gasteiger partial charge in [0.05, 0.1) is 23.2 Å². The first-order chi connectivity index (χ1) is 12.5. The standard InChI is InChI=1S/C23H28N2O/c1-17-13-14-21(26)20(15-17)25-22(18-9-5-3-6-10-18)23(2,16-24)19-11-7-4-8-12-19/h4,7-8,11-15,18,22,25-26H,3,5-6,9-10H2,1-2H3/t22-,23+/m1/s1. The van der Waals surface area contributed by atoms with Crippen LogP contribution in [0.15, 0.2) is 48.5 Å². The maximum Gasteiger partial charge on any atom is 0.138 e. The van der Waals surface area contributed by atoms with Crippen LogP contribution in [0, 0.1) is 24.2 Å². The van der Waals surface area contributed by atoms with Crippen LogP contribution in [0.2, 0.25) is 0 Å². The van der Waals surface area contributed by atoms with Crippen molar-refractivity contribution in [3.05, 3.63) is 59.7 Å². The minimum atomic E-state index is -0.667. The minimum Gasteiger partial charge on any atom is -0.506 e. The molecule has 1 aliphatic carbocycles. The number of nitriles is 1. The van der Waals surface area contributed by atoms with Crippen molar-refractivity contribution in [2.45, 2.75) is 57.4 Å². The molecule has 2 N–H and O–H groups in total. The van der Waals surface area contributed by atoms with Gasteiger partial charge in [0.25, 0.3) is 0 Å². The number of aromatic hydroxyl groups is 1. The van der Waals surface area contributed by atoms with E-state index >= 15 is 0 Å². The Bertz CT molecular complexity index is 775. The predicted molar refractivity (Wildman–Crippen MR) is 106 cm³/mol. The summed E-state index contributed by atoms with van der Waals surface area (Å²) in [7, 11) is 0. The number of hydrogen-bond donors (Lipinski definition) is 2. The first-order valence-corrected chi connectivity index (χ1v) is 9.57. The van der Waals surface area contributed by atoms with Crippen LogP contribution in [0.25, 0.3) is 0 Å². The quantitative estimate of drug-likeness (QED) is 0.697. The number of phenols is 1. The van der Waals surface area contributed by atoms with Crippen LogP contribution in [0.3, 0.4) is 0 Å². The maximum atomic E-state index is 10.3. The number of nitrogens with one attached hydrogen (secondary N) is 1. The summed E-state index contributed by atoms with van der Waals surface area (Å²) in [5.41, 5.74) is 2.17. The van der Waals surface area contributed by atoms with Gasteiger partial charge in [0.2, 0.25) is 0 Å². The predicted octanol–water partition coefficient (Wildman–Crippen LogP) is 5.54. The molecular weight excluding hydrogens is 320 g/mol. The molecule has 0 aromatic heterocycles. The molecule has 2 aromatic carbocycles. The molecule has 1 aliphatic rings. The normalized spacial score (nSPS) is 18.5. The average molecular weight is 348 g/mol. The van der Waals surface area contributed by atoms with Crippen LogP contribution in [0.4, 0.5) is 5.69 Å². The van der Waals surface area contributed by atoms with Gasteiger partial charge in [0, 0.05) is 0 Å². The molecule has 2 aromatic rings. The summed E-state index contributed by atoms with van der Waals surface area (Å²) in [4.78, 5) is 0. The molecule has 1 fully saturated rings. The van der Waals surface area contributed by atoms with Gasteiger partial charge in [-0.05, 0) is 55.9 Å². The summed E-state index contributed by atoms with van der Waals surface area (Å²) in [5.74, 6) is 0.651. The zero-order valence-electron chi connectivity index (χ0n) is 15.7. The van der Waals surface area contributed by atoms with Gasteiger partial charge in [-0.2, -0.15) is 5.26 Å². The molecule has 0 radical (unpaired) electrons. The van der Waals surface area contributed by atoms with Gasteiger partial charge < -0.3 is 10.4 Å². The van der Waals surface area contributed by atoms with Crippen molar-refractivity contribution in [1.82, 2.24) is 0 Å². The first kappa shape index (κ1) is 18.3. The molecule has 26 heavy (non-hydrogen) atoms. The van der Waals surface area contributed by atoms with E-state index in [1.165, 1.54) is 19.3 Å². The second kappa shape index (κ2) is 7.83. The number of hydrogen-bond acceptors (Lipinski definition) is 3. The van der Waals surface area contributed by atoms with Crippen molar-refractivity contribution in [2.75, 3.05) is 5.32 Å². The molecule has 0 heterocycles. The fourth-order valence-corrected chi connectivity index (χ4v) is 4.23. The van der Waals surface area contributed by atoms with E-state index in [2.05, 4.69) is 11.4 Å². The number of aryl methyl sites for hydroxylation is 1. The first-order valence-electron chi connectivity index (χ1n) is 9.57. The zero-order chi connectivity index (χ0) is 18.6. The highest BCUT2D eigenvalue weighted by Gasteiger charge is 2.41. The lowest BCUT2D eigenvalue weighted by atomic mass is 9.68. The van der Waals surface area contributed by atoms with Crippen LogP contribution in [-0.2, 0) is 5.41 Å². The van der Waals surface area contributed by atoms with Crippen molar-refractivity contribution in [1.29, 1.82) is 5.26 Å². The van der Waals surface area contributed by atoms with Gasteiger partial charge >= 0.3 is 0 Å². The lowest BCUT2D eigenvalue weighted by Crippen LogP contribution is -2.47. The zero-order valence-corrected chi connectivity index (χ0v) is 15.7. The SMILES string of the molecule is Cc1ccc(O)c(N[C@H](C2CCCCC2)[C@@](C)(C#N)c2ccccc2)c1. The topological polar surface area (TPSA) is 56.0 Å². The molecule has 0 aliphatic heterocycles. The average Bonchev–Trinajstić information content (AvgIpc) is 2.69. The fraction of sp³-hybridized carbons (Fsp3) is 0.435. The van der Waals surface area contributed by atoms with Crippen molar-refractivity contribution >= 4 is 5.69 Å². The summed E-state index contributed by atoms with van der Waals surface area (Å²) in [6.07, 6.45) is 5.92. The van der Waals surface area contributed by atoms with E-state index in [-0.39, 0.29) is 11.8 Å². The van der Waals surface area contributed by atoms with E-state index in [1.807, 2.05) is 56.3 Å². The highest BCUT2D eigenvalue weighted by atomic mass is 16.3. The third-order valence-corrected chi connectivity index (χ3v) is 5.81. The second-order valence-electron chi connectivity index (χ2n) is 7.72. The summed E-state index contributed by atoms with van der Waals surface area (Å²) in [6, 6.07) is 18.2.